The molecule has 8 heteroatoms. The van der Waals surface area contributed by atoms with Gasteiger partial charge in [0.15, 0.2) is 0 Å². The van der Waals surface area contributed by atoms with Crippen molar-refractivity contribution in [2.45, 2.75) is 25.8 Å². The molecule has 0 aliphatic carbocycles. The fourth-order valence-corrected chi connectivity index (χ4v) is 4.11. The molecule has 28 heavy (non-hydrogen) atoms. The monoisotopic (exact) mass is 389 g/mol. The van der Waals surface area contributed by atoms with E-state index in [4.69, 9.17) is 9.26 Å². The first-order chi connectivity index (χ1) is 13.5. The smallest absolute Gasteiger partial charge is 0.266 e. The highest BCUT2D eigenvalue weighted by Crippen LogP contribution is 2.30. The average Bonchev–Trinajstić information content (AvgIpc) is 3.19. The average molecular weight is 389 g/mol. The van der Waals surface area contributed by atoms with Crippen LogP contribution in [0.3, 0.4) is 0 Å². The van der Waals surface area contributed by atoms with Crippen molar-refractivity contribution in [2.24, 2.45) is 0 Å². The number of piperidine rings is 1. The van der Waals surface area contributed by atoms with Crippen molar-refractivity contribution in [2.75, 3.05) is 58.3 Å². The molecule has 1 aromatic carbocycles. The summed E-state index contributed by atoms with van der Waals surface area (Å²) in [6.45, 7) is 8.13. The van der Waals surface area contributed by atoms with Gasteiger partial charge < -0.3 is 19.1 Å². The third-order valence-corrected chi connectivity index (χ3v) is 5.93. The molecule has 3 heterocycles. The molecule has 2 fully saturated rings. The first-order valence-corrected chi connectivity index (χ1v) is 9.91. The van der Waals surface area contributed by atoms with E-state index in [-0.39, 0.29) is 17.3 Å². The van der Waals surface area contributed by atoms with Crippen molar-refractivity contribution in [1.82, 2.24) is 19.9 Å². The zero-order chi connectivity index (χ0) is 19.7. The van der Waals surface area contributed by atoms with Crippen molar-refractivity contribution >= 4 is 5.95 Å². The summed E-state index contributed by atoms with van der Waals surface area (Å²) in [5.41, 5.74) is 1.00. The Labute approximate surface area is 165 Å². The molecule has 2 aliphatic heterocycles. The van der Waals surface area contributed by atoms with Gasteiger partial charge in [0, 0.05) is 45.3 Å². The predicted molar refractivity (Wildman–Crippen MR) is 105 cm³/mol. The third kappa shape index (κ3) is 3.84. The van der Waals surface area contributed by atoms with Crippen molar-refractivity contribution in [3.8, 4) is 17.2 Å². The van der Waals surface area contributed by atoms with Crippen LogP contribution in [0.5, 0.6) is 5.75 Å². The molecule has 0 spiro atoms. The van der Waals surface area contributed by atoms with Crippen LogP contribution in [0.4, 0.5) is 10.3 Å². The van der Waals surface area contributed by atoms with E-state index in [0.29, 0.717) is 17.7 Å². The third-order valence-electron chi connectivity index (χ3n) is 5.93. The number of hydrogen-bond donors (Lipinski definition) is 0. The Balaban J connectivity index is 1.42. The highest BCUT2D eigenvalue weighted by atomic mass is 19.1. The second kappa shape index (κ2) is 8.05. The number of rotatable bonds is 4. The van der Waals surface area contributed by atoms with Crippen LogP contribution < -0.4 is 9.64 Å². The van der Waals surface area contributed by atoms with Crippen LogP contribution in [0, 0.1) is 12.7 Å². The number of hydrogen-bond acceptors (Lipinski definition) is 7. The maximum atomic E-state index is 14.4. The van der Waals surface area contributed by atoms with Gasteiger partial charge in [0.2, 0.25) is 0 Å². The Morgan fingerprint density at radius 3 is 2.50 bits per heavy atom. The fraction of sp³-hybridized carbons (Fsp3) is 0.600. The number of aryl methyl sites for hydroxylation is 1. The maximum Gasteiger partial charge on any atom is 0.266 e. The molecule has 0 radical (unpaired) electrons. The fourth-order valence-electron chi connectivity index (χ4n) is 4.11. The SMILES string of the molecule is COc1cc(-c2nc(N3CCC(N4CCN(C)CC4)CC3)no2)c(F)cc1C. The van der Waals surface area contributed by atoms with Gasteiger partial charge >= 0.3 is 0 Å². The zero-order valence-corrected chi connectivity index (χ0v) is 16.8. The lowest BCUT2D eigenvalue weighted by molar-refractivity contribution is 0.0980. The van der Waals surface area contributed by atoms with E-state index in [9.17, 15) is 4.39 Å². The molecular formula is C20H28FN5O2. The lowest BCUT2D eigenvalue weighted by atomic mass is 10.0. The quantitative estimate of drug-likeness (QED) is 0.796. The Hall–Kier alpha value is -2.19. The van der Waals surface area contributed by atoms with Crippen LogP contribution in [0.25, 0.3) is 11.5 Å². The molecule has 1 aromatic heterocycles. The largest absolute Gasteiger partial charge is 0.496 e. The van der Waals surface area contributed by atoms with Crippen LogP contribution in [0.15, 0.2) is 16.7 Å². The number of ether oxygens (including phenoxy) is 1. The van der Waals surface area contributed by atoms with Crippen LogP contribution in [-0.2, 0) is 0 Å². The number of benzene rings is 1. The molecule has 0 N–H and O–H groups in total. The second-order valence-electron chi connectivity index (χ2n) is 7.76. The van der Waals surface area contributed by atoms with E-state index < -0.39 is 0 Å². The van der Waals surface area contributed by atoms with Crippen molar-refractivity contribution < 1.29 is 13.7 Å². The minimum absolute atomic E-state index is 0.187. The summed E-state index contributed by atoms with van der Waals surface area (Å²) >= 11 is 0. The number of piperazine rings is 1. The topological polar surface area (TPSA) is 57.9 Å². The molecule has 7 nitrogen and oxygen atoms in total. The van der Waals surface area contributed by atoms with E-state index in [0.717, 1.165) is 57.7 Å². The molecule has 0 amide bonds. The molecule has 0 bridgehead atoms. The summed E-state index contributed by atoms with van der Waals surface area (Å²) in [5, 5.41) is 4.09. The van der Waals surface area contributed by atoms with Gasteiger partial charge in [-0.05, 0) is 49.7 Å². The minimum atomic E-state index is -0.387. The van der Waals surface area contributed by atoms with E-state index in [1.54, 1.807) is 20.1 Å². The minimum Gasteiger partial charge on any atom is -0.496 e. The van der Waals surface area contributed by atoms with Gasteiger partial charge in [0.25, 0.3) is 11.8 Å². The van der Waals surface area contributed by atoms with E-state index in [2.05, 4.69) is 31.9 Å². The molecule has 0 saturated carbocycles. The molecule has 2 aliphatic rings. The van der Waals surface area contributed by atoms with Gasteiger partial charge in [-0.15, -0.1) is 0 Å². The summed E-state index contributed by atoms with van der Waals surface area (Å²) in [6, 6.07) is 3.66. The number of likely N-dealkylation sites (N-methyl/N-ethyl adjacent to an activating group) is 1. The number of halogens is 1. The first kappa shape index (κ1) is 19.1. The number of aromatic nitrogens is 2. The van der Waals surface area contributed by atoms with Gasteiger partial charge in [0.05, 0.1) is 12.7 Å². The maximum absolute atomic E-state index is 14.4. The number of methoxy groups -OCH3 is 1. The van der Waals surface area contributed by atoms with Gasteiger partial charge in [0.1, 0.15) is 11.6 Å². The summed E-state index contributed by atoms with van der Waals surface area (Å²) in [4.78, 5) is 11.6. The summed E-state index contributed by atoms with van der Waals surface area (Å²) < 4.78 is 25.0. The standard InChI is InChI=1S/C20H28FN5O2/c1-14-12-17(21)16(13-18(14)27-3)19-22-20(23-28-19)26-6-4-15(5-7-26)25-10-8-24(2)9-11-25/h12-13,15H,4-11H2,1-3H3. The molecule has 2 aromatic rings. The highest BCUT2D eigenvalue weighted by Gasteiger charge is 2.28. The highest BCUT2D eigenvalue weighted by molar-refractivity contribution is 5.60. The molecule has 0 unspecified atom stereocenters. The van der Waals surface area contributed by atoms with E-state index >= 15 is 0 Å². The van der Waals surface area contributed by atoms with E-state index in [1.165, 1.54) is 6.07 Å². The molecule has 2 saturated heterocycles. The lowest BCUT2D eigenvalue weighted by Gasteiger charge is -2.41. The number of anilines is 1. The molecule has 0 atom stereocenters. The van der Waals surface area contributed by atoms with Crippen molar-refractivity contribution in [1.29, 1.82) is 0 Å². The summed E-state index contributed by atoms with van der Waals surface area (Å²) in [5.74, 6) is 0.934. The van der Waals surface area contributed by atoms with Gasteiger partial charge in [-0.3, -0.25) is 4.90 Å². The molecule has 152 valence electrons. The Kier molecular flexibility index (Phi) is 5.50. The normalized spacial score (nSPS) is 19.9. The lowest BCUT2D eigenvalue weighted by Crippen LogP contribution is -2.52. The zero-order valence-electron chi connectivity index (χ0n) is 16.8. The Bertz CT molecular complexity index is 811. The molecule has 4 rings (SSSR count). The Morgan fingerprint density at radius 2 is 1.82 bits per heavy atom. The number of nitrogens with zero attached hydrogens (tertiary/aromatic N) is 5. The van der Waals surface area contributed by atoms with Gasteiger partial charge in [-0.2, -0.15) is 4.98 Å². The van der Waals surface area contributed by atoms with Crippen molar-refractivity contribution in [3.63, 3.8) is 0 Å². The Morgan fingerprint density at radius 1 is 1.11 bits per heavy atom. The van der Waals surface area contributed by atoms with Gasteiger partial charge in [-0.1, -0.05) is 0 Å². The van der Waals surface area contributed by atoms with Crippen molar-refractivity contribution in [3.05, 3.63) is 23.5 Å². The van der Waals surface area contributed by atoms with Crippen LogP contribution >= 0.6 is 0 Å². The van der Waals surface area contributed by atoms with Crippen LogP contribution in [0.1, 0.15) is 18.4 Å². The van der Waals surface area contributed by atoms with Crippen LogP contribution in [-0.4, -0.2) is 79.4 Å². The first-order valence-electron chi connectivity index (χ1n) is 9.91. The van der Waals surface area contributed by atoms with Crippen LogP contribution in [0.2, 0.25) is 0 Å². The predicted octanol–water partition coefficient (Wildman–Crippen LogP) is 2.41. The second-order valence-corrected chi connectivity index (χ2v) is 7.76. The molecular weight excluding hydrogens is 361 g/mol. The summed E-state index contributed by atoms with van der Waals surface area (Å²) in [6.07, 6.45) is 2.17. The summed E-state index contributed by atoms with van der Waals surface area (Å²) in [7, 11) is 3.74. The van der Waals surface area contributed by atoms with Gasteiger partial charge in [-0.25, -0.2) is 4.39 Å². The van der Waals surface area contributed by atoms with E-state index in [1.807, 2.05) is 0 Å².